The maximum Gasteiger partial charge on any atom is 0.270 e. The van der Waals surface area contributed by atoms with Gasteiger partial charge in [0.1, 0.15) is 12.1 Å². The number of fused-ring (bicyclic) bond motifs is 1. The molecular weight excluding hydrogens is 468 g/mol. The van der Waals surface area contributed by atoms with Crippen LogP contribution in [0.3, 0.4) is 0 Å². The number of nitrogens with zero attached hydrogens (tertiary/aromatic N) is 2. The fraction of sp³-hybridized carbons (Fsp3) is 0.0476. The van der Waals surface area contributed by atoms with E-state index in [2.05, 4.69) is 21.2 Å². The topological polar surface area (TPSA) is 97.4 Å². The van der Waals surface area contributed by atoms with Crippen LogP contribution >= 0.6 is 28.1 Å². The molecule has 7 nitrogen and oxygen atoms in total. The van der Waals surface area contributed by atoms with Crippen LogP contribution in [0.2, 0.25) is 0 Å². The van der Waals surface area contributed by atoms with Gasteiger partial charge in [-0.25, -0.2) is 0 Å². The summed E-state index contributed by atoms with van der Waals surface area (Å²) in [5.74, 6) is -1.61. The average molecular weight is 483 g/mol. The van der Waals surface area contributed by atoms with E-state index in [-0.39, 0.29) is 17.2 Å². The number of carbonyl (C=O) groups excluding carboxylic acids is 3. The van der Waals surface area contributed by atoms with Gasteiger partial charge >= 0.3 is 0 Å². The van der Waals surface area contributed by atoms with Crippen LogP contribution < -0.4 is 16.0 Å². The van der Waals surface area contributed by atoms with E-state index in [9.17, 15) is 14.4 Å². The molecule has 1 aliphatic heterocycles. The van der Waals surface area contributed by atoms with Crippen LogP contribution in [0.1, 0.15) is 5.56 Å². The Hall–Kier alpha value is -3.30. The Bertz CT molecular complexity index is 1260. The predicted molar refractivity (Wildman–Crippen MR) is 121 cm³/mol. The fourth-order valence-corrected chi connectivity index (χ4v) is 4.02. The molecule has 1 aliphatic rings. The first-order valence-corrected chi connectivity index (χ1v) is 10.1. The number of para-hydroxylation sites is 1. The first-order valence-electron chi connectivity index (χ1n) is 8.88. The molecule has 0 bridgehead atoms. The standard InChI is InChI=1S/C21H15BrN4O3S/c22-13-4-3-5-14(9-13)26-20(29)16(19(28)24-21(26)30)8-12-10-25(11-18(23)27)17-7-2-1-6-15(12)17/h1-10H,11H2,(H2,23,27)(H,24,28,30). The quantitative estimate of drug-likeness (QED) is 0.339. The van der Waals surface area contributed by atoms with Crippen molar-refractivity contribution >= 4 is 73.6 Å². The van der Waals surface area contributed by atoms with Crippen molar-refractivity contribution in [2.45, 2.75) is 6.54 Å². The summed E-state index contributed by atoms with van der Waals surface area (Å²) >= 11 is 8.60. The molecule has 0 spiro atoms. The van der Waals surface area contributed by atoms with Crippen molar-refractivity contribution in [3.8, 4) is 0 Å². The first kappa shape index (κ1) is 20.0. The number of benzene rings is 2. The van der Waals surface area contributed by atoms with E-state index in [0.717, 1.165) is 15.4 Å². The number of hydrogen-bond acceptors (Lipinski definition) is 4. The summed E-state index contributed by atoms with van der Waals surface area (Å²) in [7, 11) is 0. The predicted octanol–water partition coefficient (Wildman–Crippen LogP) is 2.72. The summed E-state index contributed by atoms with van der Waals surface area (Å²) in [6.45, 7) is -0.0158. The van der Waals surface area contributed by atoms with Crippen LogP contribution in [0.25, 0.3) is 17.0 Å². The van der Waals surface area contributed by atoms with Gasteiger partial charge < -0.3 is 10.3 Å². The lowest BCUT2D eigenvalue weighted by Crippen LogP contribution is -2.54. The Morgan fingerprint density at radius 2 is 1.93 bits per heavy atom. The van der Waals surface area contributed by atoms with Gasteiger partial charge in [-0.15, -0.1) is 0 Å². The molecule has 0 saturated carbocycles. The molecule has 3 amide bonds. The number of rotatable bonds is 4. The molecule has 1 fully saturated rings. The Morgan fingerprint density at radius 1 is 1.17 bits per heavy atom. The van der Waals surface area contributed by atoms with E-state index < -0.39 is 17.7 Å². The molecule has 0 atom stereocenters. The Morgan fingerprint density at radius 3 is 2.67 bits per heavy atom. The summed E-state index contributed by atoms with van der Waals surface area (Å²) in [6, 6.07) is 14.4. The third-order valence-electron chi connectivity index (χ3n) is 4.61. The highest BCUT2D eigenvalue weighted by atomic mass is 79.9. The van der Waals surface area contributed by atoms with Crippen molar-refractivity contribution in [2.75, 3.05) is 4.90 Å². The van der Waals surface area contributed by atoms with Gasteiger partial charge in [-0.2, -0.15) is 0 Å². The van der Waals surface area contributed by atoms with Gasteiger partial charge in [-0.1, -0.05) is 40.2 Å². The van der Waals surface area contributed by atoms with E-state index in [1.165, 1.54) is 11.0 Å². The summed E-state index contributed by atoms with van der Waals surface area (Å²) in [5.41, 5.74) is 7.20. The maximum absolute atomic E-state index is 13.2. The monoisotopic (exact) mass is 482 g/mol. The minimum Gasteiger partial charge on any atom is -0.368 e. The summed E-state index contributed by atoms with van der Waals surface area (Å²) in [6.07, 6.45) is 3.20. The van der Waals surface area contributed by atoms with E-state index >= 15 is 0 Å². The van der Waals surface area contributed by atoms with Crippen LogP contribution in [-0.4, -0.2) is 27.4 Å². The van der Waals surface area contributed by atoms with E-state index in [1.54, 1.807) is 29.0 Å². The first-order chi connectivity index (χ1) is 14.3. The molecule has 0 radical (unpaired) electrons. The molecule has 3 aromatic rings. The van der Waals surface area contributed by atoms with Crippen molar-refractivity contribution in [1.82, 2.24) is 9.88 Å². The van der Waals surface area contributed by atoms with Gasteiger partial charge in [-0.05, 0) is 42.6 Å². The zero-order valence-corrected chi connectivity index (χ0v) is 17.9. The largest absolute Gasteiger partial charge is 0.368 e. The SMILES string of the molecule is NC(=O)Cn1cc(C=C2C(=O)NC(=S)N(c3cccc(Br)c3)C2=O)c2ccccc21. The number of primary amides is 1. The van der Waals surface area contributed by atoms with Gasteiger partial charge in [0.25, 0.3) is 11.8 Å². The zero-order valence-electron chi connectivity index (χ0n) is 15.5. The molecule has 3 N–H and O–H groups in total. The second-order valence-corrected chi connectivity index (χ2v) is 7.94. The molecule has 150 valence electrons. The van der Waals surface area contributed by atoms with E-state index in [0.29, 0.717) is 11.3 Å². The highest BCUT2D eigenvalue weighted by Gasteiger charge is 2.34. The van der Waals surface area contributed by atoms with Gasteiger partial charge in [0.05, 0.1) is 5.69 Å². The normalized spacial score (nSPS) is 15.7. The molecular formula is C21H15BrN4O3S. The van der Waals surface area contributed by atoms with Crippen molar-refractivity contribution < 1.29 is 14.4 Å². The molecule has 9 heteroatoms. The summed E-state index contributed by atoms with van der Waals surface area (Å²) in [5, 5.41) is 3.36. The number of aromatic nitrogens is 1. The number of thiocarbonyl (C=S) groups is 1. The van der Waals surface area contributed by atoms with Crippen molar-refractivity contribution in [1.29, 1.82) is 0 Å². The third-order valence-corrected chi connectivity index (χ3v) is 5.39. The Balaban J connectivity index is 1.81. The lowest BCUT2D eigenvalue weighted by atomic mass is 10.1. The number of nitrogens with one attached hydrogen (secondary N) is 1. The Labute approximate surface area is 185 Å². The Kier molecular flexibility index (Phi) is 5.23. The summed E-state index contributed by atoms with van der Waals surface area (Å²) < 4.78 is 2.46. The second kappa shape index (κ2) is 7.85. The minimum atomic E-state index is -0.581. The van der Waals surface area contributed by atoms with Gasteiger partial charge in [0.15, 0.2) is 5.11 Å². The van der Waals surface area contributed by atoms with Crippen LogP contribution in [-0.2, 0) is 20.9 Å². The smallest absolute Gasteiger partial charge is 0.270 e. The highest BCUT2D eigenvalue weighted by molar-refractivity contribution is 9.10. The number of carbonyl (C=O) groups is 3. The lowest BCUT2D eigenvalue weighted by Gasteiger charge is -2.29. The van der Waals surface area contributed by atoms with Gasteiger partial charge in [0.2, 0.25) is 5.91 Å². The van der Waals surface area contributed by atoms with Crippen LogP contribution in [0, 0.1) is 0 Å². The summed E-state index contributed by atoms with van der Waals surface area (Å²) in [4.78, 5) is 38.5. The van der Waals surface area contributed by atoms with Crippen molar-refractivity contribution in [3.05, 3.63) is 70.3 Å². The van der Waals surface area contributed by atoms with E-state index in [4.69, 9.17) is 18.0 Å². The van der Waals surface area contributed by atoms with Gasteiger partial charge in [-0.3, -0.25) is 24.6 Å². The number of hydrogen-bond donors (Lipinski definition) is 2. The van der Waals surface area contributed by atoms with E-state index in [1.807, 2.05) is 30.3 Å². The minimum absolute atomic E-state index is 0.0106. The number of anilines is 1. The molecule has 0 aliphatic carbocycles. The number of nitrogens with two attached hydrogens (primary N) is 1. The highest BCUT2D eigenvalue weighted by Crippen LogP contribution is 2.27. The fourth-order valence-electron chi connectivity index (χ4n) is 3.35. The molecule has 2 heterocycles. The van der Waals surface area contributed by atoms with Crippen LogP contribution in [0.4, 0.5) is 5.69 Å². The lowest BCUT2D eigenvalue weighted by molar-refractivity contribution is -0.122. The van der Waals surface area contributed by atoms with Crippen LogP contribution in [0.5, 0.6) is 0 Å². The third kappa shape index (κ3) is 3.64. The average Bonchev–Trinajstić information content (AvgIpc) is 3.02. The molecule has 4 rings (SSSR count). The molecule has 0 unspecified atom stereocenters. The molecule has 30 heavy (non-hydrogen) atoms. The molecule has 1 saturated heterocycles. The van der Waals surface area contributed by atoms with Gasteiger partial charge in [0, 0.05) is 27.1 Å². The second-order valence-electron chi connectivity index (χ2n) is 6.63. The zero-order chi connectivity index (χ0) is 21.4. The molecule has 1 aromatic heterocycles. The number of amides is 3. The maximum atomic E-state index is 13.2. The van der Waals surface area contributed by atoms with Crippen LogP contribution in [0.15, 0.2) is 64.8 Å². The number of halogens is 1. The molecule has 2 aromatic carbocycles. The van der Waals surface area contributed by atoms with Crippen molar-refractivity contribution in [3.63, 3.8) is 0 Å². The van der Waals surface area contributed by atoms with Crippen molar-refractivity contribution in [2.24, 2.45) is 5.73 Å².